The first-order valence-corrected chi connectivity index (χ1v) is 11.5. The van der Waals surface area contributed by atoms with Crippen LogP contribution in [0, 0.1) is 0 Å². The molecule has 150 valence electrons. The Morgan fingerprint density at radius 2 is 1.69 bits per heavy atom. The second kappa shape index (κ2) is 8.25. The minimum Gasteiger partial charge on any atom is -0.467 e. The number of benzene rings is 2. The monoisotopic (exact) mass is 409 g/mol. The molecular weight excluding hydrogens is 386 g/mol. The van der Waals surface area contributed by atoms with Gasteiger partial charge in [0.1, 0.15) is 5.76 Å². The van der Waals surface area contributed by atoms with Crippen molar-refractivity contribution in [2.75, 3.05) is 11.5 Å². The normalized spacial score (nSPS) is 17.9. The van der Waals surface area contributed by atoms with Crippen molar-refractivity contribution in [1.29, 1.82) is 0 Å². The average molecular weight is 410 g/mol. The maximum absolute atomic E-state index is 13.1. The molecule has 2 heterocycles. The van der Waals surface area contributed by atoms with Crippen molar-refractivity contribution in [3.63, 3.8) is 0 Å². The maximum atomic E-state index is 13.1. The standard InChI is InChI=1S/C23H23NO4S/c25-23(15-18-8-10-20(11-9-18)19-5-2-1-3-6-19)24(16-22-7-4-13-28-22)21-12-14-29(26,27)17-21/h1-11,13,21H,12,14-17H2/t21-/m1/s1. The van der Waals surface area contributed by atoms with Crippen LogP contribution in [-0.4, -0.2) is 36.8 Å². The van der Waals surface area contributed by atoms with Crippen molar-refractivity contribution < 1.29 is 17.6 Å². The topological polar surface area (TPSA) is 67.6 Å². The van der Waals surface area contributed by atoms with Gasteiger partial charge < -0.3 is 9.32 Å². The Morgan fingerprint density at radius 1 is 0.966 bits per heavy atom. The Kier molecular flexibility index (Phi) is 5.53. The number of rotatable bonds is 6. The molecular formula is C23H23NO4S. The van der Waals surface area contributed by atoms with E-state index < -0.39 is 9.84 Å². The molecule has 4 rings (SSSR count). The summed E-state index contributed by atoms with van der Waals surface area (Å²) in [4.78, 5) is 14.7. The number of carbonyl (C=O) groups excluding carboxylic acids is 1. The molecule has 1 aliphatic rings. The highest BCUT2D eigenvalue weighted by molar-refractivity contribution is 7.91. The van der Waals surface area contributed by atoms with Crippen molar-refractivity contribution in [3.05, 3.63) is 84.3 Å². The fourth-order valence-corrected chi connectivity index (χ4v) is 5.47. The third-order valence-corrected chi connectivity index (χ3v) is 7.04. The van der Waals surface area contributed by atoms with Crippen LogP contribution in [0.15, 0.2) is 77.4 Å². The Hall–Kier alpha value is -2.86. The third-order valence-electron chi connectivity index (χ3n) is 5.29. The van der Waals surface area contributed by atoms with Crippen LogP contribution >= 0.6 is 0 Å². The van der Waals surface area contributed by atoms with E-state index in [2.05, 4.69) is 0 Å². The molecule has 29 heavy (non-hydrogen) atoms. The predicted octanol–water partition coefficient (Wildman–Crippen LogP) is 3.71. The lowest BCUT2D eigenvalue weighted by Crippen LogP contribution is -2.41. The first-order chi connectivity index (χ1) is 14.0. The molecule has 1 saturated heterocycles. The van der Waals surface area contributed by atoms with E-state index in [0.717, 1.165) is 16.7 Å². The molecule has 3 aromatic rings. The largest absolute Gasteiger partial charge is 0.467 e. The molecule has 0 N–H and O–H groups in total. The van der Waals surface area contributed by atoms with Gasteiger partial charge in [-0.3, -0.25) is 4.79 Å². The van der Waals surface area contributed by atoms with Gasteiger partial charge in [0.05, 0.1) is 30.7 Å². The summed E-state index contributed by atoms with van der Waals surface area (Å²) >= 11 is 0. The Balaban J connectivity index is 1.50. The van der Waals surface area contributed by atoms with E-state index in [0.29, 0.717) is 12.2 Å². The smallest absolute Gasteiger partial charge is 0.227 e. The van der Waals surface area contributed by atoms with Crippen LogP contribution in [0.5, 0.6) is 0 Å². The summed E-state index contributed by atoms with van der Waals surface area (Å²) in [6.07, 6.45) is 2.26. The summed E-state index contributed by atoms with van der Waals surface area (Å²) in [5, 5.41) is 0. The minimum atomic E-state index is -3.09. The number of nitrogens with zero attached hydrogens (tertiary/aromatic N) is 1. The highest BCUT2D eigenvalue weighted by Gasteiger charge is 2.35. The molecule has 1 aromatic heterocycles. The molecule has 1 aliphatic heterocycles. The van der Waals surface area contributed by atoms with Crippen molar-refractivity contribution >= 4 is 15.7 Å². The Labute approximate surface area is 170 Å². The van der Waals surface area contributed by atoms with E-state index in [1.54, 1.807) is 23.3 Å². The van der Waals surface area contributed by atoms with Crippen molar-refractivity contribution in [1.82, 2.24) is 4.90 Å². The second-order valence-corrected chi connectivity index (χ2v) is 9.63. The van der Waals surface area contributed by atoms with Crippen LogP contribution in [0.2, 0.25) is 0 Å². The zero-order chi connectivity index (χ0) is 20.3. The van der Waals surface area contributed by atoms with E-state index in [9.17, 15) is 13.2 Å². The maximum Gasteiger partial charge on any atom is 0.227 e. The zero-order valence-electron chi connectivity index (χ0n) is 16.0. The highest BCUT2D eigenvalue weighted by atomic mass is 32.2. The summed E-state index contributed by atoms with van der Waals surface area (Å²) in [7, 11) is -3.09. The number of sulfone groups is 1. The molecule has 0 unspecified atom stereocenters. The van der Waals surface area contributed by atoms with Gasteiger partial charge in [-0.15, -0.1) is 0 Å². The molecule has 1 fully saturated rings. The molecule has 0 spiro atoms. The molecule has 0 saturated carbocycles. The first-order valence-electron chi connectivity index (χ1n) is 9.67. The van der Waals surface area contributed by atoms with Gasteiger partial charge in [-0.2, -0.15) is 0 Å². The first kappa shape index (κ1) is 19.5. The summed E-state index contributed by atoms with van der Waals surface area (Å²) in [6, 6.07) is 21.3. The number of hydrogen-bond acceptors (Lipinski definition) is 4. The summed E-state index contributed by atoms with van der Waals surface area (Å²) in [6.45, 7) is 0.286. The minimum absolute atomic E-state index is 0.0202. The van der Waals surface area contributed by atoms with Gasteiger partial charge in [-0.1, -0.05) is 54.6 Å². The van der Waals surface area contributed by atoms with Crippen LogP contribution in [0.4, 0.5) is 0 Å². The Bertz CT molecular complexity index is 1060. The number of furan rings is 1. The SMILES string of the molecule is O=C(Cc1ccc(-c2ccccc2)cc1)N(Cc1ccco1)[C@@H]1CCS(=O)(=O)C1. The van der Waals surface area contributed by atoms with E-state index in [1.807, 2.05) is 54.6 Å². The molecule has 0 bridgehead atoms. The molecule has 6 heteroatoms. The van der Waals surface area contributed by atoms with Crippen molar-refractivity contribution in [3.8, 4) is 11.1 Å². The number of carbonyl (C=O) groups is 1. The summed E-state index contributed by atoms with van der Waals surface area (Å²) < 4.78 is 29.3. The molecule has 1 atom stereocenters. The summed E-state index contributed by atoms with van der Waals surface area (Å²) in [5.74, 6) is 0.718. The van der Waals surface area contributed by atoms with Gasteiger partial charge in [0.15, 0.2) is 9.84 Å². The number of amides is 1. The third kappa shape index (κ3) is 4.77. The molecule has 1 amide bonds. The van der Waals surface area contributed by atoms with Gasteiger partial charge in [0, 0.05) is 6.04 Å². The fraction of sp³-hybridized carbons (Fsp3) is 0.261. The van der Waals surface area contributed by atoms with Crippen molar-refractivity contribution in [2.45, 2.75) is 25.4 Å². The van der Waals surface area contributed by atoms with Crippen LogP contribution < -0.4 is 0 Å². The van der Waals surface area contributed by atoms with Gasteiger partial charge in [-0.25, -0.2) is 8.42 Å². The van der Waals surface area contributed by atoms with Gasteiger partial charge >= 0.3 is 0 Å². The Morgan fingerprint density at radius 3 is 2.31 bits per heavy atom. The van der Waals surface area contributed by atoms with E-state index in [-0.39, 0.29) is 36.4 Å². The van der Waals surface area contributed by atoms with Crippen LogP contribution in [0.25, 0.3) is 11.1 Å². The van der Waals surface area contributed by atoms with Crippen LogP contribution in [0.1, 0.15) is 17.7 Å². The molecule has 5 nitrogen and oxygen atoms in total. The van der Waals surface area contributed by atoms with E-state index in [4.69, 9.17) is 4.42 Å². The number of hydrogen-bond donors (Lipinski definition) is 0. The van der Waals surface area contributed by atoms with E-state index in [1.165, 1.54) is 0 Å². The van der Waals surface area contributed by atoms with Gasteiger partial charge in [0.2, 0.25) is 5.91 Å². The van der Waals surface area contributed by atoms with Gasteiger partial charge in [-0.05, 0) is 35.2 Å². The second-order valence-electron chi connectivity index (χ2n) is 7.40. The molecule has 0 radical (unpaired) electrons. The van der Waals surface area contributed by atoms with Gasteiger partial charge in [0.25, 0.3) is 0 Å². The molecule has 2 aromatic carbocycles. The fourth-order valence-electron chi connectivity index (χ4n) is 3.73. The van der Waals surface area contributed by atoms with Crippen LogP contribution in [0.3, 0.4) is 0 Å². The summed E-state index contributed by atoms with van der Waals surface area (Å²) in [5.41, 5.74) is 3.12. The quantitative estimate of drug-likeness (QED) is 0.623. The zero-order valence-corrected chi connectivity index (χ0v) is 16.8. The van der Waals surface area contributed by atoms with E-state index >= 15 is 0 Å². The van der Waals surface area contributed by atoms with Crippen LogP contribution in [-0.2, 0) is 27.6 Å². The lowest BCUT2D eigenvalue weighted by molar-refractivity contribution is -0.133. The average Bonchev–Trinajstić information content (AvgIpc) is 3.36. The lowest BCUT2D eigenvalue weighted by atomic mass is 10.0. The molecule has 0 aliphatic carbocycles. The predicted molar refractivity (Wildman–Crippen MR) is 112 cm³/mol. The van der Waals surface area contributed by atoms with Crippen molar-refractivity contribution in [2.24, 2.45) is 0 Å². The lowest BCUT2D eigenvalue weighted by Gasteiger charge is -2.27. The highest BCUT2D eigenvalue weighted by Crippen LogP contribution is 2.23.